The lowest BCUT2D eigenvalue weighted by molar-refractivity contribution is -0.192. The molecule has 1 unspecified atom stereocenters. The van der Waals surface area contributed by atoms with Crippen molar-refractivity contribution in [1.29, 1.82) is 0 Å². The summed E-state index contributed by atoms with van der Waals surface area (Å²) in [5.74, 6) is -1.85. The van der Waals surface area contributed by atoms with Crippen LogP contribution < -0.4 is 0 Å². The number of halogens is 3. The van der Waals surface area contributed by atoms with E-state index in [0.717, 1.165) is 6.08 Å². The fourth-order valence-electron chi connectivity index (χ4n) is 1.40. The fraction of sp³-hybridized carbons (Fsp3) is 0.500. The number of carbonyl (C=O) groups excluding carboxylic acids is 1. The minimum absolute atomic E-state index is 0.185. The predicted octanol–water partition coefficient (Wildman–Crippen LogP) is 2.03. The number of hydrogen-bond donors (Lipinski definition) is 2. The molecule has 0 saturated heterocycles. The first-order valence-electron chi connectivity index (χ1n) is 4.63. The molecular formula is C10H11F3O3. The van der Waals surface area contributed by atoms with E-state index in [1.54, 1.807) is 0 Å². The second-order valence-corrected chi connectivity index (χ2v) is 3.60. The molecule has 0 fully saturated rings. The largest absolute Gasteiger partial charge is 0.504 e. The Morgan fingerprint density at radius 1 is 1.44 bits per heavy atom. The first-order chi connectivity index (χ1) is 7.25. The number of carbonyl (C=O) groups is 1. The molecular weight excluding hydrogens is 225 g/mol. The summed E-state index contributed by atoms with van der Waals surface area (Å²) in [6.45, 7) is 1.46. The Balaban J connectivity index is 3.07. The van der Waals surface area contributed by atoms with E-state index < -0.39 is 29.4 Å². The molecule has 0 aromatic heterocycles. The zero-order valence-electron chi connectivity index (χ0n) is 8.51. The van der Waals surface area contributed by atoms with Crippen molar-refractivity contribution in [3.63, 3.8) is 0 Å². The van der Waals surface area contributed by atoms with Crippen molar-refractivity contribution in [2.45, 2.75) is 32.0 Å². The molecule has 6 heteroatoms. The number of alkyl halides is 3. The average Bonchev–Trinajstić information content (AvgIpc) is 2.29. The lowest BCUT2D eigenvalue weighted by atomic mass is 10.0. The van der Waals surface area contributed by atoms with E-state index in [1.807, 2.05) is 0 Å². The van der Waals surface area contributed by atoms with Gasteiger partial charge in [0.25, 0.3) is 0 Å². The van der Waals surface area contributed by atoms with Gasteiger partial charge in [0, 0.05) is 5.57 Å². The second-order valence-electron chi connectivity index (χ2n) is 3.60. The highest BCUT2D eigenvalue weighted by Crippen LogP contribution is 2.29. The van der Waals surface area contributed by atoms with Crippen molar-refractivity contribution in [3.05, 3.63) is 23.0 Å². The highest BCUT2D eigenvalue weighted by Gasteiger charge is 2.43. The van der Waals surface area contributed by atoms with Gasteiger partial charge in [-0.05, 0) is 25.3 Å². The molecule has 1 atom stereocenters. The van der Waals surface area contributed by atoms with E-state index in [1.165, 1.54) is 6.92 Å². The number of ketones is 1. The number of aliphatic hydroxyl groups is 2. The summed E-state index contributed by atoms with van der Waals surface area (Å²) in [4.78, 5) is 11.4. The lowest BCUT2D eigenvalue weighted by Gasteiger charge is -2.16. The summed E-state index contributed by atoms with van der Waals surface area (Å²) < 4.78 is 36.7. The molecule has 1 rings (SSSR count). The summed E-state index contributed by atoms with van der Waals surface area (Å²) in [6, 6.07) is 0. The standard InChI is InChI=1S/C10H11F3O3/c1-5-3-2-4-6(8(15)7(5)14)9(16)10(11,12)13/h4,9,14,16H,2-3H2,1H3. The number of rotatable bonds is 1. The maximum absolute atomic E-state index is 12.2. The summed E-state index contributed by atoms with van der Waals surface area (Å²) in [5, 5.41) is 18.3. The maximum Gasteiger partial charge on any atom is 0.418 e. The lowest BCUT2D eigenvalue weighted by Crippen LogP contribution is -2.34. The van der Waals surface area contributed by atoms with Gasteiger partial charge in [-0.25, -0.2) is 0 Å². The van der Waals surface area contributed by atoms with Crippen LogP contribution in [0.5, 0.6) is 0 Å². The van der Waals surface area contributed by atoms with E-state index in [2.05, 4.69) is 0 Å². The van der Waals surface area contributed by atoms with Crippen LogP contribution in [0.25, 0.3) is 0 Å². The zero-order valence-corrected chi connectivity index (χ0v) is 8.51. The van der Waals surface area contributed by atoms with Crippen LogP contribution in [0, 0.1) is 0 Å². The third-order valence-corrected chi connectivity index (χ3v) is 2.37. The Morgan fingerprint density at radius 2 is 2.00 bits per heavy atom. The molecule has 16 heavy (non-hydrogen) atoms. The predicted molar refractivity (Wildman–Crippen MR) is 49.7 cm³/mol. The van der Waals surface area contributed by atoms with Crippen LogP contribution in [0.2, 0.25) is 0 Å². The highest BCUT2D eigenvalue weighted by molar-refractivity contribution is 6.08. The number of Topliss-reactive ketones (excluding diaryl/α,β-unsaturated/α-hetero) is 1. The third-order valence-electron chi connectivity index (χ3n) is 2.37. The van der Waals surface area contributed by atoms with Gasteiger partial charge in [0.2, 0.25) is 5.78 Å². The van der Waals surface area contributed by atoms with Crippen LogP contribution in [-0.2, 0) is 4.79 Å². The molecule has 0 spiro atoms. The van der Waals surface area contributed by atoms with Crippen molar-refractivity contribution in [1.82, 2.24) is 0 Å². The van der Waals surface area contributed by atoms with Crippen LogP contribution in [0.15, 0.2) is 23.0 Å². The number of allylic oxidation sites excluding steroid dienone is 3. The van der Waals surface area contributed by atoms with Crippen LogP contribution >= 0.6 is 0 Å². The topological polar surface area (TPSA) is 57.5 Å². The molecule has 1 aliphatic rings. The van der Waals surface area contributed by atoms with Crippen molar-refractivity contribution >= 4 is 5.78 Å². The van der Waals surface area contributed by atoms with Crippen molar-refractivity contribution in [2.75, 3.05) is 0 Å². The van der Waals surface area contributed by atoms with Crippen molar-refractivity contribution < 1.29 is 28.2 Å². The van der Waals surface area contributed by atoms with Gasteiger partial charge in [0.15, 0.2) is 11.9 Å². The molecule has 0 aromatic carbocycles. The molecule has 3 nitrogen and oxygen atoms in total. The molecule has 0 radical (unpaired) electrons. The Hall–Kier alpha value is -1.30. The summed E-state index contributed by atoms with van der Waals surface area (Å²) in [6.07, 6.45) is -6.24. The smallest absolute Gasteiger partial charge is 0.418 e. The molecule has 0 amide bonds. The first-order valence-corrected chi connectivity index (χ1v) is 4.63. The van der Waals surface area contributed by atoms with Gasteiger partial charge in [-0.2, -0.15) is 13.2 Å². The molecule has 0 saturated carbocycles. The minimum Gasteiger partial charge on any atom is -0.504 e. The second kappa shape index (κ2) is 4.29. The van der Waals surface area contributed by atoms with Gasteiger partial charge >= 0.3 is 6.18 Å². The number of hydrogen-bond acceptors (Lipinski definition) is 3. The Labute approximate surface area is 89.9 Å². The van der Waals surface area contributed by atoms with E-state index in [0.29, 0.717) is 12.0 Å². The van der Waals surface area contributed by atoms with Gasteiger partial charge in [-0.1, -0.05) is 6.08 Å². The number of aliphatic hydroxyl groups excluding tert-OH is 2. The normalized spacial score (nSPS) is 20.6. The SMILES string of the molecule is CC1=C(O)C(=O)C(C(O)C(F)(F)F)=CCC1. The minimum atomic E-state index is -4.90. The Bertz CT molecular complexity index is 366. The Kier molecular flexibility index (Phi) is 3.42. The Morgan fingerprint density at radius 3 is 2.50 bits per heavy atom. The molecule has 1 aliphatic carbocycles. The molecule has 0 aliphatic heterocycles. The van der Waals surface area contributed by atoms with E-state index in [9.17, 15) is 23.1 Å². The van der Waals surface area contributed by atoms with Gasteiger partial charge in [0.1, 0.15) is 0 Å². The maximum atomic E-state index is 12.2. The average molecular weight is 236 g/mol. The third kappa shape index (κ3) is 2.44. The van der Waals surface area contributed by atoms with Crippen LogP contribution in [0.3, 0.4) is 0 Å². The quantitative estimate of drug-likeness (QED) is 0.732. The summed E-state index contributed by atoms with van der Waals surface area (Å²) >= 11 is 0. The van der Waals surface area contributed by atoms with Crippen molar-refractivity contribution in [2.24, 2.45) is 0 Å². The molecule has 2 N–H and O–H groups in total. The summed E-state index contributed by atoms with van der Waals surface area (Å²) in [7, 11) is 0. The monoisotopic (exact) mass is 236 g/mol. The van der Waals surface area contributed by atoms with Crippen molar-refractivity contribution in [3.8, 4) is 0 Å². The van der Waals surface area contributed by atoms with Gasteiger partial charge < -0.3 is 10.2 Å². The van der Waals surface area contributed by atoms with Crippen LogP contribution in [-0.4, -0.2) is 28.3 Å². The molecule has 0 heterocycles. The molecule has 90 valence electrons. The van der Waals surface area contributed by atoms with Crippen LogP contribution in [0.1, 0.15) is 19.8 Å². The zero-order chi connectivity index (χ0) is 12.5. The van der Waals surface area contributed by atoms with E-state index >= 15 is 0 Å². The molecule has 0 aromatic rings. The van der Waals surface area contributed by atoms with Gasteiger partial charge in [-0.15, -0.1) is 0 Å². The fourth-order valence-corrected chi connectivity index (χ4v) is 1.40. The summed E-state index contributed by atoms with van der Waals surface area (Å²) in [5.41, 5.74) is -0.479. The van der Waals surface area contributed by atoms with E-state index in [4.69, 9.17) is 5.11 Å². The highest BCUT2D eigenvalue weighted by atomic mass is 19.4. The first kappa shape index (κ1) is 12.8. The van der Waals surface area contributed by atoms with Gasteiger partial charge in [-0.3, -0.25) is 4.79 Å². The van der Waals surface area contributed by atoms with E-state index in [-0.39, 0.29) is 6.42 Å². The van der Waals surface area contributed by atoms with Crippen LogP contribution in [0.4, 0.5) is 13.2 Å². The molecule has 0 bridgehead atoms. The van der Waals surface area contributed by atoms with Gasteiger partial charge in [0.05, 0.1) is 0 Å².